The summed E-state index contributed by atoms with van der Waals surface area (Å²) in [5.74, 6) is 1.33. The van der Waals surface area contributed by atoms with Gasteiger partial charge in [0.2, 0.25) is 0 Å². The molecule has 0 aliphatic heterocycles. The Hall–Kier alpha value is -3.27. The Labute approximate surface area is 184 Å². The Bertz CT molecular complexity index is 1010. The molecular formula is C27H30O4. The molecule has 3 aromatic rings. The molecule has 0 aliphatic rings. The molecule has 0 atom stereocenters. The normalized spacial score (nSPS) is 11.1. The predicted molar refractivity (Wildman–Crippen MR) is 124 cm³/mol. The van der Waals surface area contributed by atoms with Crippen LogP contribution in [0.3, 0.4) is 0 Å². The van der Waals surface area contributed by atoms with E-state index in [1.165, 1.54) is 11.1 Å². The minimum Gasteiger partial charge on any atom is -0.478 e. The summed E-state index contributed by atoms with van der Waals surface area (Å²) in [6, 6.07) is 22.1. The van der Waals surface area contributed by atoms with E-state index in [0.29, 0.717) is 23.9 Å². The summed E-state index contributed by atoms with van der Waals surface area (Å²) in [4.78, 5) is 11.7. The second-order valence-corrected chi connectivity index (χ2v) is 8.50. The van der Waals surface area contributed by atoms with Crippen molar-refractivity contribution in [2.45, 2.75) is 40.0 Å². The first-order valence-electron chi connectivity index (χ1n) is 10.5. The van der Waals surface area contributed by atoms with Gasteiger partial charge in [-0.1, -0.05) is 68.8 Å². The summed E-state index contributed by atoms with van der Waals surface area (Å²) in [6.45, 7) is 10.5. The van der Waals surface area contributed by atoms with Crippen LogP contribution in [0.25, 0.3) is 11.1 Å². The summed E-state index contributed by atoms with van der Waals surface area (Å²) in [7, 11) is 0. The zero-order valence-corrected chi connectivity index (χ0v) is 18.9. The van der Waals surface area contributed by atoms with Crippen LogP contribution >= 0.6 is 0 Å². The highest BCUT2D eigenvalue weighted by Gasteiger charge is 2.15. The summed E-state index contributed by atoms with van der Waals surface area (Å²) < 4.78 is 16.9. The lowest BCUT2D eigenvalue weighted by molar-refractivity contribution is -0.145. The molecule has 4 nitrogen and oxygen atoms in total. The number of rotatable bonds is 7. The van der Waals surface area contributed by atoms with E-state index in [-0.39, 0.29) is 12.0 Å². The summed E-state index contributed by atoms with van der Waals surface area (Å²) in [5.41, 5.74) is 4.58. The first-order chi connectivity index (χ1) is 14.8. The maximum absolute atomic E-state index is 11.7. The zero-order valence-electron chi connectivity index (χ0n) is 18.9. The maximum atomic E-state index is 11.7. The molecule has 0 aromatic heterocycles. The molecule has 0 saturated carbocycles. The lowest BCUT2D eigenvalue weighted by Gasteiger charge is -2.19. The number of aryl methyl sites for hydroxylation is 1. The average Bonchev–Trinajstić information content (AvgIpc) is 2.73. The van der Waals surface area contributed by atoms with Crippen LogP contribution in [0.15, 0.2) is 66.7 Å². The van der Waals surface area contributed by atoms with Crippen molar-refractivity contribution in [1.29, 1.82) is 0 Å². The highest BCUT2D eigenvalue weighted by atomic mass is 16.6. The molecule has 0 amide bonds. The van der Waals surface area contributed by atoms with Crippen LogP contribution in [-0.2, 0) is 14.9 Å². The van der Waals surface area contributed by atoms with Crippen molar-refractivity contribution in [3.05, 3.63) is 77.9 Å². The first-order valence-corrected chi connectivity index (χ1v) is 10.5. The van der Waals surface area contributed by atoms with Gasteiger partial charge in [0, 0.05) is 0 Å². The molecule has 0 fully saturated rings. The number of hydrogen-bond donors (Lipinski definition) is 0. The van der Waals surface area contributed by atoms with E-state index < -0.39 is 5.97 Å². The van der Waals surface area contributed by atoms with E-state index in [1.54, 1.807) is 6.92 Å². The SMILES string of the molecule is CCOC(=O)COc1ccc(-c2ccc(C)cc2)cc1Oc1ccc(C(C)(C)C)cc1. The summed E-state index contributed by atoms with van der Waals surface area (Å²) in [5, 5.41) is 0. The molecule has 0 aliphatic carbocycles. The van der Waals surface area contributed by atoms with Crippen LogP contribution in [0.1, 0.15) is 38.8 Å². The van der Waals surface area contributed by atoms with Gasteiger partial charge in [-0.2, -0.15) is 0 Å². The van der Waals surface area contributed by atoms with Crippen LogP contribution in [0.2, 0.25) is 0 Å². The molecule has 31 heavy (non-hydrogen) atoms. The van der Waals surface area contributed by atoms with Crippen molar-refractivity contribution < 1.29 is 19.0 Å². The Morgan fingerprint density at radius 3 is 2.10 bits per heavy atom. The molecule has 0 bridgehead atoms. The molecule has 3 rings (SSSR count). The lowest BCUT2D eigenvalue weighted by Crippen LogP contribution is -2.14. The molecule has 0 unspecified atom stereocenters. The van der Waals surface area contributed by atoms with Gasteiger partial charge in [-0.05, 0) is 60.2 Å². The van der Waals surface area contributed by atoms with Gasteiger partial charge in [-0.25, -0.2) is 4.79 Å². The van der Waals surface area contributed by atoms with E-state index in [0.717, 1.165) is 11.1 Å². The van der Waals surface area contributed by atoms with Gasteiger partial charge >= 0.3 is 5.97 Å². The van der Waals surface area contributed by atoms with Crippen molar-refractivity contribution in [3.63, 3.8) is 0 Å². The number of hydrogen-bond acceptors (Lipinski definition) is 4. The molecule has 0 radical (unpaired) electrons. The van der Waals surface area contributed by atoms with Gasteiger partial charge in [0.15, 0.2) is 18.1 Å². The Balaban J connectivity index is 1.90. The van der Waals surface area contributed by atoms with Crippen LogP contribution in [0.5, 0.6) is 17.2 Å². The number of esters is 1. The average molecular weight is 419 g/mol. The molecular weight excluding hydrogens is 388 g/mol. The van der Waals surface area contributed by atoms with Gasteiger partial charge in [-0.3, -0.25) is 0 Å². The fourth-order valence-corrected chi connectivity index (χ4v) is 3.12. The van der Waals surface area contributed by atoms with Crippen LogP contribution in [-0.4, -0.2) is 19.2 Å². The Kier molecular flexibility index (Phi) is 7.01. The van der Waals surface area contributed by atoms with Gasteiger partial charge < -0.3 is 14.2 Å². The highest BCUT2D eigenvalue weighted by Crippen LogP contribution is 2.36. The van der Waals surface area contributed by atoms with Crippen molar-refractivity contribution in [2.75, 3.05) is 13.2 Å². The second kappa shape index (κ2) is 9.69. The largest absolute Gasteiger partial charge is 0.478 e. The van der Waals surface area contributed by atoms with Gasteiger partial charge in [-0.15, -0.1) is 0 Å². The van der Waals surface area contributed by atoms with Crippen LogP contribution in [0, 0.1) is 6.92 Å². The van der Waals surface area contributed by atoms with Gasteiger partial charge in [0.25, 0.3) is 0 Å². The monoisotopic (exact) mass is 418 g/mol. The quantitative estimate of drug-likeness (QED) is 0.401. The molecule has 162 valence electrons. The molecule has 3 aromatic carbocycles. The third kappa shape index (κ3) is 6.11. The van der Waals surface area contributed by atoms with Crippen molar-refractivity contribution in [1.82, 2.24) is 0 Å². The lowest BCUT2D eigenvalue weighted by atomic mass is 9.87. The third-order valence-corrected chi connectivity index (χ3v) is 4.93. The topological polar surface area (TPSA) is 44.8 Å². The van der Waals surface area contributed by atoms with Crippen molar-refractivity contribution >= 4 is 5.97 Å². The van der Waals surface area contributed by atoms with Crippen molar-refractivity contribution in [2.24, 2.45) is 0 Å². The summed E-state index contributed by atoms with van der Waals surface area (Å²) >= 11 is 0. The van der Waals surface area contributed by atoms with E-state index in [1.807, 2.05) is 30.3 Å². The number of carbonyl (C=O) groups is 1. The molecule has 4 heteroatoms. The van der Waals surface area contributed by atoms with E-state index in [9.17, 15) is 4.79 Å². The van der Waals surface area contributed by atoms with E-state index >= 15 is 0 Å². The first kappa shape index (κ1) is 22.4. The maximum Gasteiger partial charge on any atom is 0.344 e. The minimum absolute atomic E-state index is 0.0673. The molecule has 0 N–H and O–H groups in total. The second-order valence-electron chi connectivity index (χ2n) is 8.50. The Morgan fingerprint density at radius 1 is 0.839 bits per heavy atom. The van der Waals surface area contributed by atoms with Crippen molar-refractivity contribution in [3.8, 4) is 28.4 Å². The van der Waals surface area contributed by atoms with Crippen LogP contribution in [0.4, 0.5) is 0 Å². The fourth-order valence-electron chi connectivity index (χ4n) is 3.12. The molecule has 0 heterocycles. The van der Waals surface area contributed by atoms with E-state index in [4.69, 9.17) is 14.2 Å². The number of carbonyl (C=O) groups excluding carboxylic acids is 1. The fraction of sp³-hybridized carbons (Fsp3) is 0.296. The van der Waals surface area contributed by atoms with Crippen LogP contribution < -0.4 is 9.47 Å². The number of ether oxygens (including phenoxy) is 3. The zero-order chi connectivity index (χ0) is 22.4. The third-order valence-electron chi connectivity index (χ3n) is 4.93. The Morgan fingerprint density at radius 2 is 1.48 bits per heavy atom. The van der Waals surface area contributed by atoms with Gasteiger partial charge in [0.1, 0.15) is 5.75 Å². The van der Waals surface area contributed by atoms with E-state index in [2.05, 4.69) is 64.1 Å². The number of benzene rings is 3. The highest BCUT2D eigenvalue weighted by molar-refractivity contribution is 5.72. The predicted octanol–water partition coefficient (Wildman–Crippen LogP) is 6.69. The molecule has 0 saturated heterocycles. The summed E-state index contributed by atoms with van der Waals surface area (Å²) in [6.07, 6.45) is 0. The standard InChI is InChI=1S/C27H30O4/c1-6-29-26(28)18-30-24-16-11-21(20-9-7-19(2)8-10-20)17-25(24)31-23-14-12-22(13-15-23)27(3,4)5/h7-17H,6,18H2,1-5H3. The minimum atomic E-state index is -0.411. The molecule has 0 spiro atoms. The smallest absolute Gasteiger partial charge is 0.344 e. The van der Waals surface area contributed by atoms with Gasteiger partial charge in [0.05, 0.1) is 6.61 Å².